The molecule has 160 valence electrons. The zero-order chi connectivity index (χ0) is 22.5. The molecule has 0 saturated carbocycles. The van der Waals surface area contributed by atoms with Gasteiger partial charge in [-0.3, -0.25) is 19.7 Å². The van der Waals surface area contributed by atoms with E-state index in [4.69, 9.17) is 0 Å². The summed E-state index contributed by atoms with van der Waals surface area (Å²) in [6, 6.07) is 9.84. The Balaban J connectivity index is 1.61. The summed E-state index contributed by atoms with van der Waals surface area (Å²) < 4.78 is 28.0. The first kappa shape index (κ1) is 21.6. The maximum Gasteiger partial charge on any atom is 0.269 e. The minimum atomic E-state index is -0.996. The van der Waals surface area contributed by atoms with Crippen LogP contribution in [0.3, 0.4) is 0 Å². The molecule has 1 heterocycles. The van der Waals surface area contributed by atoms with Gasteiger partial charge in [-0.15, -0.1) is 0 Å². The molecule has 2 N–H and O–H groups in total. The Kier molecular flexibility index (Phi) is 6.34. The second-order valence-corrected chi connectivity index (χ2v) is 6.53. The number of benzene rings is 2. The molecule has 11 heteroatoms. The number of aromatic nitrogens is 2. The van der Waals surface area contributed by atoms with E-state index in [9.17, 15) is 28.5 Å². The van der Waals surface area contributed by atoms with Crippen LogP contribution < -0.4 is 10.6 Å². The van der Waals surface area contributed by atoms with Gasteiger partial charge in [0, 0.05) is 37.2 Å². The summed E-state index contributed by atoms with van der Waals surface area (Å²) in [5.74, 6) is -2.66. The molecule has 0 bridgehead atoms. The van der Waals surface area contributed by atoms with Gasteiger partial charge in [0.05, 0.1) is 21.9 Å². The van der Waals surface area contributed by atoms with Gasteiger partial charge in [0.15, 0.2) is 0 Å². The zero-order valence-corrected chi connectivity index (χ0v) is 16.3. The van der Waals surface area contributed by atoms with Gasteiger partial charge in [-0.2, -0.15) is 5.10 Å². The molecule has 0 aliphatic heterocycles. The zero-order valence-electron chi connectivity index (χ0n) is 16.3. The van der Waals surface area contributed by atoms with Gasteiger partial charge in [0.1, 0.15) is 17.5 Å². The Bertz CT molecular complexity index is 1140. The number of non-ortho nitro benzene ring substituents is 1. The van der Waals surface area contributed by atoms with E-state index in [1.807, 2.05) is 0 Å². The number of halogens is 2. The molecule has 0 radical (unpaired) electrons. The van der Waals surface area contributed by atoms with Crippen LogP contribution in [-0.4, -0.2) is 33.1 Å². The molecule has 2 amide bonds. The summed E-state index contributed by atoms with van der Waals surface area (Å²) in [5, 5.41) is 20.1. The predicted molar refractivity (Wildman–Crippen MR) is 107 cm³/mol. The number of nitrogens with one attached hydrogen (secondary N) is 2. The molecule has 2 aromatic carbocycles. The van der Waals surface area contributed by atoms with Crippen molar-refractivity contribution in [2.75, 3.05) is 11.9 Å². The number of rotatable bonds is 7. The molecule has 3 rings (SSSR count). The third kappa shape index (κ3) is 5.26. The number of nitro groups is 1. The average molecular weight is 429 g/mol. The van der Waals surface area contributed by atoms with Crippen molar-refractivity contribution in [1.29, 1.82) is 0 Å². The smallest absolute Gasteiger partial charge is 0.269 e. The van der Waals surface area contributed by atoms with Crippen molar-refractivity contribution >= 4 is 23.3 Å². The normalized spacial score (nSPS) is 10.5. The summed E-state index contributed by atoms with van der Waals surface area (Å²) in [7, 11) is 0. The summed E-state index contributed by atoms with van der Waals surface area (Å²) in [6.45, 7) is 1.64. The number of aryl methyl sites for hydroxylation is 1. The summed E-state index contributed by atoms with van der Waals surface area (Å²) in [5.41, 5.74) is 0.711. The van der Waals surface area contributed by atoms with Crippen molar-refractivity contribution in [3.8, 4) is 5.69 Å². The second-order valence-electron chi connectivity index (χ2n) is 6.53. The average Bonchev–Trinajstić information content (AvgIpc) is 3.07. The molecule has 3 aromatic rings. The Hall–Kier alpha value is -4.15. The fourth-order valence-corrected chi connectivity index (χ4v) is 2.76. The van der Waals surface area contributed by atoms with E-state index >= 15 is 0 Å². The van der Waals surface area contributed by atoms with Gasteiger partial charge in [-0.25, -0.2) is 13.5 Å². The number of hydrogen-bond donors (Lipinski definition) is 2. The van der Waals surface area contributed by atoms with Crippen molar-refractivity contribution in [2.24, 2.45) is 0 Å². The van der Waals surface area contributed by atoms with E-state index in [0.29, 0.717) is 23.3 Å². The fraction of sp³-hybridized carbons (Fsp3) is 0.150. The predicted octanol–water partition coefficient (Wildman–Crippen LogP) is 3.13. The highest BCUT2D eigenvalue weighted by Crippen LogP contribution is 2.20. The van der Waals surface area contributed by atoms with Gasteiger partial charge < -0.3 is 10.6 Å². The van der Waals surface area contributed by atoms with Gasteiger partial charge >= 0.3 is 0 Å². The minimum absolute atomic E-state index is 0.0772. The highest BCUT2D eigenvalue weighted by atomic mass is 19.1. The van der Waals surface area contributed by atoms with Crippen molar-refractivity contribution in [3.05, 3.63) is 81.5 Å². The molecular weight excluding hydrogens is 412 g/mol. The summed E-state index contributed by atoms with van der Waals surface area (Å²) in [4.78, 5) is 34.5. The lowest BCUT2D eigenvalue weighted by atomic mass is 10.2. The van der Waals surface area contributed by atoms with Crippen LogP contribution in [0.25, 0.3) is 5.69 Å². The molecule has 0 unspecified atom stereocenters. The number of amides is 2. The van der Waals surface area contributed by atoms with E-state index in [1.165, 1.54) is 28.9 Å². The number of hydrogen-bond acceptors (Lipinski definition) is 5. The Morgan fingerprint density at radius 1 is 1.13 bits per heavy atom. The van der Waals surface area contributed by atoms with Gasteiger partial charge in [0.25, 0.3) is 11.6 Å². The summed E-state index contributed by atoms with van der Waals surface area (Å²) in [6.07, 6.45) is -0.112. The molecule has 0 saturated heterocycles. The molecule has 0 spiro atoms. The first-order valence-corrected chi connectivity index (χ1v) is 9.09. The number of carbonyl (C=O) groups is 2. The molecule has 0 aliphatic carbocycles. The quantitative estimate of drug-likeness (QED) is 0.442. The van der Waals surface area contributed by atoms with Crippen LogP contribution in [0, 0.1) is 28.7 Å². The van der Waals surface area contributed by atoms with E-state index in [2.05, 4.69) is 15.7 Å². The highest BCUT2D eigenvalue weighted by molar-refractivity contribution is 5.95. The number of carbonyl (C=O) groups excluding carboxylic acids is 2. The fourth-order valence-electron chi connectivity index (χ4n) is 2.76. The van der Waals surface area contributed by atoms with Crippen LogP contribution >= 0.6 is 0 Å². The van der Waals surface area contributed by atoms with Crippen molar-refractivity contribution in [3.63, 3.8) is 0 Å². The lowest BCUT2D eigenvalue weighted by molar-refractivity contribution is -0.384. The van der Waals surface area contributed by atoms with Crippen LogP contribution in [0.4, 0.5) is 20.3 Å². The standard InChI is InChI=1S/C20H17F2N5O4/c1-12-10-18(26(25-12)14-3-5-15(6-4-14)27(30)31)24-19(28)8-9-23-20(29)16-7-2-13(21)11-17(16)22/h2-7,10-11H,8-9H2,1H3,(H,23,29)(H,24,28). The largest absolute Gasteiger partial charge is 0.351 e. The van der Waals surface area contributed by atoms with Crippen LogP contribution in [0.2, 0.25) is 0 Å². The molecule has 31 heavy (non-hydrogen) atoms. The second kappa shape index (κ2) is 9.11. The highest BCUT2D eigenvalue weighted by Gasteiger charge is 2.15. The van der Waals surface area contributed by atoms with Crippen LogP contribution in [-0.2, 0) is 4.79 Å². The van der Waals surface area contributed by atoms with Gasteiger partial charge in [-0.05, 0) is 31.2 Å². The summed E-state index contributed by atoms with van der Waals surface area (Å²) >= 11 is 0. The lowest BCUT2D eigenvalue weighted by Crippen LogP contribution is -2.28. The Labute approximate surface area is 174 Å². The van der Waals surface area contributed by atoms with E-state index in [0.717, 1.165) is 12.1 Å². The molecular formula is C20H17F2N5O4. The molecule has 9 nitrogen and oxygen atoms in total. The first-order chi connectivity index (χ1) is 14.7. The number of nitro benzene ring substituents is 1. The van der Waals surface area contributed by atoms with E-state index in [-0.39, 0.29) is 24.2 Å². The minimum Gasteiger partial charge on any atom is -0.351 e. The first-order valence-electron chi connectivity index (χ1n) is 9.09. The van der Waals surface area contributed by atoms with Crippen molar-refractivity contribution in [2.45, 2.75) is 13.3 Å². The van der Waals surface area contributed by atoms with Crippen LogP contribution in [0.5, 0.6) is 0 Å². The Morgan fingerprint density at radius 3 is 2.48 bits per heavy atom. The van der Waals surface area contributed by atoms with E-state index in [1.54, 1.807) is 13.0 Å². The SMILES string of the molecule is Cc1cc(NC(=O)CCNC(=O)c2ccc(F)cc2F)n(-c2ccc([N+](=O)[O-])cc2)n1. The van der Waals surface area contributed by atoms with Gasteiger partial charge in [-0.1, -0.05) is 0 Å². The monoisotopic (exact) mass is 429 g/mol. The Morgan fingerprint density at radius 2 is 1.84 bits per heavy atom. The third-order valence-corrected chi connectivity index (χ3v) is 4.22. The van der Waals surface area contributed by atoms with Crippen molar-refractivity contribution in [1.82, 2.24) is 15.1 Å². The third-order valence-electron chi connectivity index (χ3n) is 4.22. The topological polar surface area (TPSA) is 119 Å². The maximum absolute atomic E-state index is 13.6. The molecule has 0 fully saturated rings. The lowest BCUT2D eigenvalue weighted by Gasteiger charge is -2.10. The van der Waals surface area contributed by atoms with Crippen LogP contribution in [0.15, 0.2) is 48.5 Å². The van der Waals surface area contributed by atoms with E-state index < -0.39 is 28.4 Å². The number of anilines is 1. The molecule has 0 aliphatic rings. The number of nitrogens with zero attached hydrogens (tertiary/aromatic N) is 3. The van der Waals surface area contributed by atoms with Gasteiger partial charge in [0.2, 0.25) is 5.91 Å². The molecule has 0 atom stereocenters. The molecule has 1 aromatic heterocycles. The van der Waals surface area contributed by atoms with Crippen molar-refractivity contribution < 1.29 is 23.3 Å². The maximum atomic E-state index is 13.6. The van der Waals surface area contributed by atoms with Crippen LogP contribution in [0.1, 0.15) is 22.5 Å².